The van der Waals surface area contributed by atoms with Crippen LogP contribution in [-0.4, -0.2) is 14.2 Å². The van der Waals surface area contributed by atoms with Crippen molar-refractivity contribution in [2.24, 2.45) is 0 Å². The Morgan fingerprint density at radius 1 is 1.15 bits per heavy atom. The molecule has 0 aliphatic heterocycles. The Morgan fingerprint density at radius 3 is 2.50 bits per heavy atom. The summed E-state index contributed by atoms with van der Waals surface area (Å²) >= 11 is 1.79. The van der Waals surface area contributed by atoms with E-state index >= 15 is 0 Å². The number of nitrogens with one attached hydrogen (secondary N) is 1. The van der Waals surface area contributed by atoms with Crippen LogP contribution >= 0.6 is 11.3 Å². The van der Waals surface area contributed by atoms with Crippen LogP contribution in [0.25, 0.3) is 0 Å². The lowest BCUT2D eigenvalue weighted by molar-refractivity contribution is 0.354. The molecular formula is C16H21NO2S. The van der Waals surface area contributed by atoms with Crippen LogP contribution in [0.15, 0.2) is 29.6 Å². The first-order valence-corrected chi connectivity index (χ1v) is 7.52. The van der Waals surface area contributed by atoms with Crippen LogP contribution in [0.5, 0.6) is 11.5 Å². The quantitative estimate of drug-likeness (QED) is 0.875. The maximum atomic E-state index is 5.35. The van der Waals surface area contributed by atoms with E-state index in [0.717, 1.165) is 18.0 Å². The van der Waals surface area contributed by atoms with Crippen molar-refractivity contribution in [2.45, 2.75) is 26.4 Å². The molecule has 3 nitrogen and oxygen atoms in total. The maximum absolute atomic E-state index is 5.35. The highest BCUT2D eigenvalue weighted by molar-refractivity contribution is 7.10. The van der Waals surface area contributed by atoms with Gasteiger partial charge in [0.2, 0.25) is 0 Å². The van der Waals surface area contributed by atoms with E-state index in [4.69, 9.17) is 9.47 Å². The Labute approximate surface area is 124 Å². The van der Waals surface area contributed by atoms with Crippen molar-refractivity contribution >= 4 is 11.3 Å². The molecule has 1 aromatic heterocycles. The normalized spacial score (nSPS) is 12.2. The second-order valence-corrected chi connectivity index (χ2v) is 5.74. The standard InChI is InChI=1S/C16H21NO2S/c1-11-7-8-20-16(11)10-17-12(2)13-5-6-14(18-3)15(9-13)19-4/h5-9,12,17H,10H2,1-4H3. The van der Waals surface area contributed by atoms with Crippen molar-refractivity contribution in [1.29, 1.82) is 0 Å². The third-order valence-electron chi connectivity index (χ3n) is 3.44. The molecule has 0 radical (unpaired) electrons. The first kappa shape index (κ1) is 14.9. The number of hydrogen-bond donors (Lipinski definition) is 1. The second kappa shape index (κ2) is 6.77. The van der Waals surface area contributed by atoms with Gasteiger partial charge in [0.25, 0.3) is 0 Å². The second-order valence-electron chi connectivity index (χ2n) is 4.74. The summed E-state index contributed by atoms with van der Waals surface area (Å²) < 4.78 is 10.6. The van der Waals surface area contributed by atoms with Crippen LogP contribution in [0.3, 0.4) is 0 Å². The third-order valence-corrected chi connectivity index (χ3v) is 4.47. The van der Waals surface area contributed by atoms with Crippen LogP contribution in [0.1, 0.15) is 29.0 Å². The molecule has 0 amide bonds. The van der Waals surface area contributed by atoms with E-state index in [0.29, 0.717) is 0 Å². The lowest BCUT2D eigenvalue weighted by atomic mass is 10.1. The summed E-state index contributed by atoms with van der Waals surface area (Å²) in [6.07, 6.45) is 0. The molecule has 4 heteroatoms. The molecule has 0 aliphatic carbocycles. The molecule has 0 aliphatic rings. The number of benzene rings is 1. The molecule has 0 spiro atoms. The molecule has 108 valence electrons. The lowest BCUT2D eigenvalue weighted by Crippen LogP contribution is -2.18. The summed E-state index contributed by atoms with van der Waals surface area (Å²) in [5.74, 6) is 1.53. The first-order chi connectivity index (χ1) is 9.65. The highest BCUT2D eigenvalue weighted by Crippen LogP contribution is 2.30. The SMILES string of the molecule is COc1ccc(C(C)NCc2sccc2C)cc1OC. The van der Waals surface area contributed by atoms with Gasteiger partial charge in [0, 0.05) is 17.5 Å². The number of ether oxygens (including phenoxy) is 2. The summed E-state index contributed by atoms with van der Waals surface area (Å²) in [5.41, 5.74) is 2.54. The predicted octanol–water partition coefficient (Wildman–Crippen LogP) is 3.92. The third kappa shape index (κ3) is 3.32. The molecule has 1 atom stereocenters. The van der Waals surface area contributed by atoms with Gasteiger partial charge in [0.05, 0.1) is 14.2 Å². The zero-order valence-electron chi connectivity index (χ0n) is 12.4. The fraction of sp³-hybridized carbons (Fsp3) is 0.375. The van der Waals surface area contributed by atoms with Crippen LogP contribution < -0.4 is 14.8 Å². The molecule has 0 fully saturated rings. The minimum atomic E-state index is 0.260. The van der Waals surface area contributed by atoms with E-state index in [1.165, 1.54) is 16.0 Å². The molecule has 2 aromatic rings. The van der Waals surface area contributed by atoms with E-state index in [9.17, 15) is 0 Å². The van der Waals surface area contributed by atoms with Crippen molar-refractivity contribution in [2.75, 3.05) is 14.2 Å². The van der Waals surface area contributed by atoms with E-state index in [1.807, 2.05) is 12.1 Å². The number of rotatable bonds is 6. The summed E-state index contributed by atoms with van der Waals surface area (Å²) in [4.78, 5) is 1.39. The van der Waals surface area contributed by atoms with Gasteiger partial charge in [-0.2, -0.15) is 0 Å². The zero-order valence-corrected chi connectivity index (χ0v) is 13.2. The monoisotopic (exact) mass is 291 g/mol. The Bertz CT molecular complexity index is 565. The fourth-order valence-electron chi connectivity index (χ4n) is 2.07. The van der Waals surface area contributed by atoms with Crippen molar-refractivity contribution in [3.05, 3.63) is 45.6 Å². The lowest BCUT2D eigenvalue weighted by Gasteiger charge is -2.16. The molecule has 0 saturated heterocycles. The van der Waals surface area contributed by atoms with Crippen molar-refractivity contribution in [3.63, 3.8) is 0 Å². The molecule has 0 bridgehead atoms. The van der Waals surface area contributed by atoms with Crippen molar-refractivity contribution in [3.8, 4) is 11.5 Å². The van der Waals surface area contributed by atoms with Gasteiger partial charge in [-0.05, 0) is 48.6 Å². The largest absolute Gasteiger partial charge is 0.493 e. The fourth-order valence-corrected chi connectivity index (χ4v) is 2.93. The van der Waals surface area contributed by atoms with Crippen LogP contribution in [0.4, 0.5) is 0 Å². The van der Waals surface area contributed by atoms with Crippen molar-refractivity contribution in [1.82, 2.24) is 5.32 Å². The number of aryl methyl sites for hydroxylation is 1. The average molecular weight is 291 g/mol. The van der Waals surface area contributed by atoms with Gasteiger partial charge in [-0.25, -0.2) is 0 Å². The highest BCUT2D eigenvalue weighted by Gasteiger charge is 2.10. The summed E-state index contributed by atoms with van der Waals surface area (Å²) in [7, 11) is 3.31. The maximum Gasteiger partial charge on any atom is 0.161 e. The number of hydrogen-bond acceptors (Lipinski definition) is 4. The smallest absolute Gasteiger partial charge is 0.161 e. The van der Waals surface area contributed by atoms with E-state index in [2.05, 4.69) is 36.7 Å². The minimum Gasteiger partial charge on any atom is -0.493 e. The molecule has 1 unspecified atom stereocenters. The predicted molar refractivity (Wildman–Crippen MR) is 83.9 cm³/mol. The van der Waals surface area contributed by atoms with Gasteiger partial charge in [-0.15, -0.1) is 11.3 Å². The molecule has 1 heterocycles. The first-order valence-electron chi connectivity index (χ1n) is 6.64. The zero-order chi connectivity index (χ0) is 14.5. The van der Waals surface area contributed by atoms with Gasteiger partial charge in [0.15, 0.2) is 11.5 Å². The molecule has 20 heavy (non-hydrogen) atoms. The Kier molecular flexibility index (Phi) is 5.04. The molecular weight excluding hydrogens is 270 g/mol. The average Bonchev–Trinajstić information content (AvgIpc) is 2.89. The number of thiophene rings is 1. The summed E-state index contributed by atoms with van der Waals surface area (Å²) in [6, 6.07) is 8.46. The summed E-state index contributed by atoms with van der Waals surface area (Å²) in [6.45, 7) is 5.19. The minimum absolute atomic E-state index is 0.260. The highest BCUT2D eigenvalue weighted by atomic mass is 32.1. The van der Waals surface area contributed by atoms with Crippen LogP contribution in [-0.2, 0) is 6.54 Å². The molecule has 0 saturated carbocycles. The Morgan fingerprint density at radius 2 is 1.90 bits per heavy atom. The Hall–Kier alpha value is -1.52. The van der Waals surface area contributed by atoms with E-state index in [1.54, 1.807) is 25.6 Å². The molecule has 1 N–H and O–H groups in total. The van der Waals surface area contributed by atoms with Gasteiger partial charge >= 0.3 is 0 Å². The topological polar surface area (TPSA) is 30.5 Å². The van der Waals surface area contributed by atoms with E-state index < -0.39 is 0 Å². The molecule has 2 rings (SSSR count). The van der Waals surface area contributed by atoms with Gasteiger partial charge in [-0.3, -0.25) is 0 Å². The van der Waals surface area contributed by atoms with Gasteiger partial charge < -0.3 is 14.8 Å². The number of methoxy groups -OCH3 is 2. The molecule has 1 aromatic carbocycles. The Balaban J connectivity index is 2.05. The van der Waals surface area contributed by atoms with Gasteiger partial charge in [0.1, 0.15) is 0 Å². The van der Waals surface area contributed by atoms with Crippen LogP contribution in [0.2, 0.25) is 0 Å². The van der Waals surface area contributed by atoms with Gasteiger partial charge in [-0.1, -0.05) is 6.07 Å². The van der Waals surface area contributed by atoms with Crippen LogP contribution in [0, 0.1) is 6.92 Å². The van der Waals surface area contributed by atoms with Crippen molar-refractivity contribution < 1.29 is 9.47 Å². The summed E-state index contributed by atoms with van der Waals surface area (Å²) in [5, 5.41) is 5.68. The van der Waals surface area contributed by atoms with E-state index in [-0.39, 0.29) is 6.04 Å².